The van der Waals surface area contributed by atoms with Gasteiger partial charge in [-0.2, -0.15) is 5.10 Å². The van der Waals surface area contributed by atoms with E-state index in [4.69, 9.17) is 0 Å². The summed E-state index contributed by atoms with van der Waals surface area (Å²) in [4.78, 5) is 28.3. The Morgan fingerprint density at radius 2 is 2.00 bits per heavy atom. The molecule has 1 aromatic carbocycles. The van der Waals surface area contributed by atoms with Crippen molar-refractivity contribution in [2.75, 3.05) is 6.54 Å². The number of carbonyl (C=O) groups excluding carboxylic acids is 1. The van der Waals surface area contributed by atoms with E-state index < -0.39 is 11.5 Å². The summed E-state index contributed by atoms with van der Waals surface area (Å²) in [7, 11) is 0. The van der Waals surface area contributed by atoms with Gasteiger partial charge in [-0.15, -0.1) is 0 Å². The zero-order chi connectivity index (χ0) is 18.4. The molecule has 2 aromatic heterocycles. The van der Waals surface area contributed by atoms with E-state index in [-0.39, 0.29) is 11.3 Å². The Morgan fingerprint density at radius 3 is 2.73 bits per heavy atom. The average Bonchev–Trinajstić information content (AvgIpc) is 2.67. The van der Waals surface area contributed by atoms with Crippen molar-refractivity contribution in [1.29, 1.82) is 0 Å². The van der Waals surface area contributed by atoms with E-state index in [9.17, 15) is 14.7 Å². The Hall–Kier alpha value is -3.48. The third-order valence-electron chi connectivity index (χ3n) is 3.86. The highest BCUT2D eigenvalue weighted by Crippen LogP contribution is 2.19. The van der Waals surface area contributed by atoms with E-state index in [0.717, 1.165) is 18.4 Å². The van der Waals surface area contributed by atoms with Crippen LogP contribution in [0.5, 0.6) is 5.75 Å². The summed E-state index contributed by atoms with van der Waals surface area (Å²) in [6.45, 7) is 0.448. The molecule has 0 fully saturated rings. The van der Waals surface area contributed by atoms with Gasteiger partial charge in [0.2, 0.25) is 0 Å². The van der Waals surface area contributed by atoms with Crippen LogP contribution in [0.25, 0.3) is 11.3 Å². The number of aromatic hydroxyl groups is 1. The summed E-state index contributed by atoms with van der Waals surface area (Å²) >= 11 is 0. The SMILES string of the molecule is O=C(NCCCc1cccnc1)c1cc(-c2ccc(O)cc2)n[nH]c1=O. The third-order valence-corrected chi connectivity index (χ3v) is 3.86. The molecule has 0 saturated heterocycles. The minimum Gasteiger partial charge on any atom is -0.508 e. The molecule has 3 aromatic rings. The van der Waals surface area contributed by atoms with Crippen molar-refractivity contribution in [3.8, 4) is 17.0 Å². The van der Waals surface area contributed by atoms with Gasteiger partial charge in [-0.1, -0.05) is 6.07 Å². The van der Waals surface area contributed by atoms with Gasteiger partial charge in [0.05, 0.1) is 5.69 Å². The molecule has 2 heterocycles. The molecule has 3 N–H and O–H groups in total. The fourth-order valence-corrected chi connectivity index (χ4v) is 2.49. The summed E-state index contributed by atoms with van der Waals surface area (Å²) in [5.41, 5.74) is 1.69. The van der Waals surface area contributed by atoms with Gasteiger partial charge in [0.15, 0.2) is 0 Å². The van der Waals surface area contributed by atoms with Gasteiger partial charge in [-0.3, -0.25) is 14.6 Å². The van der Waals surface area contributed by atoms with E-state index in [1.165, 1.54) is 18.2 Å². The summed E-state index contributed by atoms with van der Waals surface area (Å²) in [5, 5.41) is 18.4. The molecule has 0 aliphatic carbocycles. The van der Waals surface area contributed by atoms with Crippen LogP contribution in [0.4, 0.5) is 0 Å². The van der Waals surface area contributed by atoms with Crippen LogP contribution in [0.2, 0.25) is 0 Å². The Kier molecular flexibility index (Phi) is 5.38. The van der Waals surface area contributed by atoms with Gasteiger partial charge in [0.25, 0.3) is 11.5 Å². The van der Waals surface area contributed by atoms with Gasteiger partial charge >= 0.3 is 0 Å². The number of aryl methyl sites for hydroxylation is 1. The molecule has 0 unspecified atom stereocenters. The topological polar surface area (TPSA) is 108 Å². The standard InChI is InChI=1S/C19H18N4O3/c24-15-7-5-14(6-8-15)17-11-16(19(26)23-22-17)18(25)21-10-2-4-13-3-1-9-20-12-13/h1,3,5-9,11-12,24H,2,4,10H2,(H,21,25)(H,23,26). The molecule has 0 aliphatic heterocycles. The molecule has 26 heavy (non-hydrogen) atoms. The van der Waals surface area contributed by atoms with Crippen molar-refractivity contribution in [2.45, 2.75) is 12.8 Å². The number of hydrogen-bond donors (Lipinski definition) is 3. The molecule has 132 valence electrons. The fourth-order valence-electron chi connectivity index (χ4n) is 2.49. The van der Waals surface area contributed by atoms with Crippen molar-refractivity contribution >= 4 is 5.91 Å². The molecule has 0 bridgehead atoms. The normalized spacial score (nSPS) is 10.5. The van der Waals surface area contributed by atoms with Crippen LogP contribution in [0.1, 0.15) is 22.3 Å². The zero-order valence-corrected chi connectivity index (χ0v) is 14.0. The predicted molar refractivity (Wildman–Crippen MR) is 96.8 cm³/mol. The van der Waals surface area contributed by atoms with Crippen LogP contribution in [-0.4, -0.2) is 32.7 Å². The Morgan fingerprint density at radius 1 is 1.19 bits per heavy atom. The Bertz CT molecular complexity index is 937. The van der Waals surface area contributed by atoms with Gasteiger partial charge in [-0.25, -0.2) is 5.10 Å². The minimum atomic E-state index is -0.544. The molecule has 0 spiro atoms. The highest BCUT2D eigenvalue weighted by molar-refractivity contribution is 5.94. The van der Waals surface area contributed by atoms with Crippen molar-refractivity contribution in [1.82, 2.24) is 20.5 Å². The number of hydrogen-bond acceptors (Lipinski definition) is 5. The molecular formula is C19H18N4O3. The second-order valence-electron chi connectivity index (χ2n) is 5.76. The number of benzene rings is 1. The zero-order valence-electron chi connectivity index (χ0n) is 14.0. The van der Waals surface area contributed by atoms with Crippen LogP contribution in [0.3, 0.4) is 0 Å². The van der Waals surface area contributed by atoms with Crippen molar-refractivity contribution < 1.29 is 9.90 Å². The largest absolute Gasteiger partial charge is 0.508 e. The summed E-state index contributed by atoms with van der Waals surface area (Å²) in [5.74, 6) is -0.315. The molecule has 0 aliphatic rings. The number of phenolic OH excluding ortho intramolecular Hbond substituents is 1. The smallest absolute Gasteiger partial charge is 0.277 e. The van der Waals surface area contributed by atoms with Crippen LogP contribution in [-0.2, 0) is 6.42 Å². The number of H-pyrrole nitrogens is 1. The average molecular weight is 350 g/mol. The summed E-state index contributed by atoms with van der Waals surface area (Å²) in [6.07, 6.45) is 5.04. The molecular weight excluding hydrogens is 332 g/mol. The van der Waals surface area contributed by atoms with Gasteiger partial charge in [-0.05, 0) is 54.8 Å². The number of carbonyl (C=O) groups is 1. The lowest BCUT2D eigenvalue weighted by Crippen LogP contribution is -2.31. The van der Waals surface area contributed by atoms with Crippen LogP contribution in [0, 0.1) is 0 Å². The number of amides is 1. The molecule has 0 saturated carbocycles. The molecule has 0 atom stereocenters. The maximum absolute atomic E-state index is 12.3. The van der Waals surface area contributed by atoms with E-state index in [1.807, 2.05) is 12.1 Å². The summed E-state index contributed by atoms with van der Waals surface area (Å²) in [6, 6.07) is 11.6. The number of aromatic nitrogens is 3. The number of pyridine rings is 1. The fraction of sp³-hybridized carbons (Fsp3) is 0.158. The first-order chi connectivity index (χ1) is 12.6. The van der Waals surface area contributed by atoms with Gasteiger partial charge in [0.1, 0.15) is 11.3 Å². The molecule has 0 radical (unpaired) electrons. The highest BCUT2D eigenvalue weighted by Gasteiger charge is 2.13. The molecule has 1 amide bonds. The first-order valence-electron chi connectivity index (χ1n) is 8.20. The van der Waals surface area contributed by atoms with Crippen molar-refractivity contribution in [3.63, 3.8) is 0 Å². The third kappa shape index (κ3) is 4.32. The number of aromatic amines is 1. The summed E-state index contributed by atoms with van der Waals surface area (Å²) < 4.78 is 0. The number of nitrogens with zero attached hydrogens (tertiary/aromatic N) is 2. The Balaban J connectivity index is 1.64. The highest BCUT2D eigenvalue weighted by atomic mass is 16.3. The van der Waals surface area contributed by atoms with Crippen LogP contribution < -0.4 is 10.9 Å². The van der Waals surface area contributed by atoms with Crippen molar-refractivity contribution in [3.05, 3.63) is 76.3 Å². The van der Waals surface area contributed by atoms with Crippen LogP contribution in [0.15, 0.2) is 59.7 Å². The first-order valence-corrected chi connectivity index (χ1v) is 8.20. The second kappa shape index (κ2) is 8.06. The lowest BCUT2D eigenvalue weighted by Gasteiger charge is -2.06. The lowest BCUT2D eigenvalue weighted by atomic mass is 10.1. The first kappa shape index (κ1) is 17.3. The lowest BCUT2D eigenvalue weighted by molar-refractivity contribution is 0.0951. The van der Waals surface area contributed by atoms with E-state index >= 15 is 0 Å². The second-order valence-corrected chi connectivity index (χ2v) is 5.76. The Labute approximate surface area is 149 Å². The maximum atomic E-state index is 12.3. The molecule has 7 nitrogen and oxygen atoms in total. The van der Waals surface area contributed by atoms with Gasteiger partial charge < -0.3 is 10.4 Å². The van der Waals surface area contributed by atoms with E-state index in [0.29, 0.717) is 17.8 Å². The molecule has 3 rings (SSSR count). The number of nitrogens with one attached hydrogen (secondary N) is 2. The molecule has 7 heteroatoms. The maximum Gasteiger partial charge on any atom is 0.277 e. The predicted octanol–water partition coefficient (Wildman–Crippen LogP) is 1.90. The van der Waals surface area contributed by atoms with E-state index in [1.54, 1.807) is 24.5 Å². The van der Waals surface area contributed by atoms with Crippen molar-refractivity contribution in [2.24, 2.45) is 0 Å². The number of rotatable bonds is 6. The van der Waals surface area contributed by atoms with Crippen LogP contribution >= 0.6 is 0 Å². The van der Waals surface area contributed by atoms with E-state index in [2.05, 4.69) is 20.5 Å². The monoisotopic (exact) mass is 350 g/mol. The minimum absolute atomic E-state index is 0.00412. The van der Waals surface area contributed by atoms with Gasteiger partial charge in [0, 0.05) is 24.5 Å². The number of phenols is 1. The quantitative estimate of drug-likeness (QED) is 0.589.